The fourth-order valence-electron chi connectivity index (χ4n) is 7.77. The van der Waals surface area contributed by atoms with E-state index in [1.165, 1.54) is 135 Å². The molecule has 0 rings (SSSR count). The number of unbranched alkanes of at least 4 members (excludes halogenated alkanes) is 29. The molecular weight excluding hydrogens is 731 g/mol. The number of aliphatic hydroxyl groups is 2. The van der Waals surface area contributed by atoms with Crippen LogP contribution >= 0.6 is 0 Å². The second kappa shape index (κ2) is 47.1. The largest absolute Gasteiger partial charge is 0.462 e. The zero-order valence-electron chi connectivity index (χ0n) is 39.4. The first-order valence-corrected chi connectivity index (χ1v) is 25.7. The highest BCUT2D eigenvalue weighted by molar-refractivity contribution is 5.77. The Kier molecular flexibility index (Phi) is 45.6. The van der Waals surface area contributed by atoms with Gasteiger partial charge in [-0.05, 0) is 77.0 Å². The molecule has 0 spiro atoms. The number of carbonyl (C=O) groups excluding carboxylic acids is 2. The molecule has 0 saturated carbocycles. The molecule has 0 saturated heterocycles. The Morgan fingerprint density at radius 1 is 0.492 bits per heavy atom. The molecule has 0 aliphatic rings. The van der Waals surface area contributed by atoms with Crippen LogP contribution in [0.5, 0.6) is 0 Å². The molecule has 0 fully saturated rings. The first-order chi connectivity index (χ1) is 29.0. The summed E-state index contributed by atoms with van der Waals surface area (Å²) in [4.78, 5) is 26.1. The molecule has 0 aromatic heterocycles. The van der Waals surface area contributed by atoms with E-state index in [1.807, 2.05) is 0 Å². The van der Waals surface area contributed by atoms with E-state index < -0.39 is 18.2 Å². The third-order valence-electron chi connectivity index (χ3n) is 11.7. The molecule has 3 atom stereocenters. The van der Waals surface area contributed by atoms with Crippen molar-refractivity contribution in [2.24, 2.45) is 0 Å². The van der Waals surface area contributed by atoms with E-state index in [-0.39, 0.29) is 24.9 Å². The van der Waals surface area contributed by atoms with Gasteiger partial charge in [0.05, 0.1) is 25.2 Å². The van der Waals surface area contributed by atoms with Gasteiger partial charge in [0.15, 0.2) is 0 Å². The third kappa shape index (κ3) is 42.6. The number of ether oxygens (including phenoxy) is 1. The van der Waals surface area contributed by atoms with E-state index in [0.717, 1.165) is 83.5 Å². The first-order valence-electron chi connectivity index (χ1n) is 25.7. The van der Waals surface area contributed by atoms with E-state index in [0.29, 0.717) is 19.3 Å². The van der Waals surface area contributed by atoms with Crippen molar-refractivity contribution in [2.75, 3.05) is 6.61 Å². The normalized spacial score (nSPS) is 13.5. The summed E-state index contributed by atoms with van der Waals surface area (Å²) in [7, 11) is 0. The maximum atomic E-state index is 13.2. The van der Waals surface area contributed by atoms with Gasteiger partial charge in [0.25, 0.3) is 0 Å². The topological polar surface area (TPSA) is 95.9 Å². The molecule has 0 radical (unpaired) electrons. The van der Waals surface area contributed by atoms with Gasteiger partial charge in [-0.3, -0.25) is 9.59 Å². The predicted octanol–water partition coefficient (Wildman–Crippen LogP) is 15.3. The first kappa shape index (κ1) is 57.1. The number of hydrogen-bond acceptors (Lipinski definition) is 5. The van der Waals surface area contributed by atoms with Crippen molar-refractivity contribution < 1.29 is 24.5 Å². The summed E-state index contributed by atoms with van der Waals surface area (Å²) in [5.74, 6) is -0.514. The molecule has 3 N–H and O–H groups in total. The van der Waals surface area contributed by atoms with Crippen molar-refractivity contribution in [3.05, 3.63) is 36.5 Å². The summed E-state index contributed by atoms with van der Waals surface area (Å²) in [5.41, 5.74) is 0. The molecule has 3 unspecified atom stereocenters. The minimum atomic E-state index is -0.793. The van der Waals surface area contributed by atoms with E-state index >= 15 is 0 Å². The van der Waals surface area contributed by atoms with E-state index in [4.69, 9.17) is 4.74 Å². The number of aliphatic hydroxyl groups excluding tert-OH is 2. The van der Waals surface area contributed by atoms with Gasteiger partial charge in [-0.15, -0.1) is 0 Å². The molecule has 6 heteroatoms. The van der Waals surface area contributed by atoms with Gasteiger partial charge in [0.1, 0.15) is 6.10 Å². The Bertz CT molecular complexity index is 977. The molecule has 0 bridgehead atoms. The molecule has 59 heavy (non-hydrogen) atoms. The maximum Gasteiger partial charge on any atom is 0.306 e. The van der Waals surface area contributed by atoms with Crippen molar-refractivity contribution in [1.82, 2.24) is 5.32 Å². The quantitative estimate of drug-likeness (QED) is 0.0246. The molecule has 1 amide bonds. The maximum absolute atomic E-state index is 13.2. The average Bonchev–Trinajstić information content (AvgIpc) is 3.23. The van der Waals surface area contributed by atoms with Crippen LogP contribution in [0.4, 0.5) is 0 Å². The number of amides is 1. The minimum Gasteiger partial charge on any atom is -0.462 e. The van der Waals surface area contributed by atoms with Crippen LogP contribution in [0, 0.1) is 0 Å². The molecule has 6 nitrogen and oxygen atoms in total. The average molecular weight is 830 g/mol. The van der Waals surface area contributed by atoms with Crippen LogP contribution in [0.25, 0.3) is 0 Å². The molecule has 0 aromatic rings. The van der Waals surface area contributed by atoms with Crippen LogP contribution in [-0.2, 0) is 14.3 Å². The van der Waals surface area contributed by atoms with Gasteiger partial charge < -0.3 is 20.3 Å². The van der Waals surface area contributed by atoms with Crippen LogP contribution in [-0.4, -0.2) is 46.9 Å². The second-order valence-electron chi connectivity index (χ2n) is 17.6. The van der Waals surface area contributed by atoms with Crippen LogP contribution in [0.3, 0.4) is 0 Å². The van der Waals surface area contributed by atoms with Gasteiger partial charge >= 0.3 is 5.97 Å². The summed E-state index contributed by atoms with van der Waals surface area (Å²) in [5, 5.41) is 23.7. The Labute approximate surface area is 366 Å². The molecular formula is C53H99NO5. The molecule has 0 heterocycles. The summed E-state index contributed by atoms with van der Waals surface area (Å²) in [6, 6.07) is -0.708. The zero-order valence-corrected chi connectivity index (χ0v) is 39.4. The monoisotopic (exact) mass is 830 g/mol. The third-order valence-corrected chi connectivity index (χ3v) is 11.7. The molecule has 346 valence electrons. The molecule has 0 aromatic carbocycles. The lowest BCUT2D eigenvalue weighted by molar-refractivity contribution is -0.151. The minimum absolute atomic E-state index is 0.0584. The fourth-order valence-corrected chi connectivity index (χ4v) is 7.77. The number of esters is 1. The number of hydrogen-bond donors (Lipinski definition) is 3. The van der Waals surface area contributed by atoms with Gasteiger partial charge in [-0.2, -0.15) is 0 Å². The zero-order chi connectivity index (χ0) is 43.1. The van der Waals surface area contributed by atoms with E-state index in [2.05, 4.69) is 62.5 Å². The molecule has 0 aliphatic carbocycles. The van der Waals surface area contributed by atoms with E-state index in [1.54, 1.807) is 0 Å². The highest BCUT2D eigenvalue weighted by atomic mass is 16.5. The van der Waals surface area contributed by atoms with Gasteiger partial charge in [0, 0.05) is 6.42 Å². The Morgan fingerprint density at radius 2 is 0.864 bits per heavy atom. The lowest BCUT2D eigenvalue weighted by Gasteiger charge is -2.24. The van der Waals surface area contributed by atoms with Crippen LogP contribution in [0.1, 0.15) is 265 Å². The highest BCUT2D eigenvalue weighted by Crippen LogP contribution is 2.17. The number of allylic oxidation sites excluding steroid dienone is 6. The van der Waals surface area contributed by atoms with Crippen LogP contribution in [0.15, 0.2) is 36.5 Å². The Morgan fingerprint density at radius 3 is 1.32 bits per heavy atom. The van der Waals surface area contributed by atoms with Crippen molar-refractivity contribution in [3.8, 4) is 0 Å². The second-order valence-corrected chi connectivity index (χ2v) is 17.6. The Hall–Kier alpha value is -1.92. The van der Waals surface area contributed by atoms with Crippen molar-refractivity contribution in [2.45, 2.75) is 283 Å². The van der Waals surface area contributed by atoms with Crippen molar-refractivity contribution in [1.29, 1.82) is 0 Å². The summed E-state index contributed by atoms with van der Waals surface area (Å²) in [6.07, 6.45) is 54.9. The van der Waals surface area contributed by atoms with Crippen molar-refractivity contribution >= 4 is 11.9 Å². The van der Waals surface area contributed by atoms with Gasteiger partial charge in [-0.1, -0.05) is 211 Å². The van der Waals surface area contributed by atoms with E-state index in [9.17, 15) is 19.8 Å². The van der Waals surface area contributed by atoms with Gasteiger partial charge in [0.2, 0.25) is 5.91 Å². The fraction of sp³-hybridized carbons (Fsp3) is 0.849. The summed E-state index contributed by atoms with van der Waals surface area (Å²) in [6.45, 7) is 6.46. The number of rotatable bonds is 46. The standard InChI is InChI=1S/C53H99NO5/c1-4-7-10-13-16-19-22-24-26-27-29-31-34-37-40-43-46-53(58)59-49(44-41-38-35-32-30-28-25-23-20-17-14-11-8-5-2)47-52(57)54-50(48-55)51(56)45-42-39-36-33-21-18-15-12-9-6-3/h26-31,49-51,55-56H,4-25,32-48H2,1-3H3,(H,54,57)/b27-26+,30-28+,31-29+. The van der Waals surface area contributed by atoms with Crippen LogP contribution in [0.2, 0.25) is 0 Å². The Balaban J connectivity index is 4.63. The van der Waals surface area contributed by atoms with Crippen molar-refractivity contribution in [3.63, 3.8) is 0 Å². The molecule has 0 aliphatic heterocycles. The van der Waals surface area contributed by atoms with Gasteiger partial charge in [-0.25, -0.2) is 0 Å². The lowest BCUT2D eigenvalue weighted by Crippen LogP contribution is -2.46. The smallest absolute Gasteiger partial charge is 0.306 e. The lowest BCUT2D eigenvalue weighted by atomic mass is 10.0. The SMILES string of the molecule is CCCCCCCCC/C=C/C=C/CCCCCC(=O)OC(CCCCC/C=C/CCCCCCCCC)CC(=O)NC(CO)C(O)CCCCCCCCCCCC. The predicted molar refractivity (Wildman–Crippen MR) is 255 cm³/mol. The summed E-state index contributed by atoms with van der Waals surface area (Å²) < 4.78 is 5.91. The summed E-state index contributed by atoms with van der Waals surface area (Å²) >= 11 is 0. The number of carbonyl (C=O) groups is 2. The highest BCUT2D eigenvalue weighted by Gasteiger charge is 2.24. The number of nitrogens with one attached hydrogen (secondary N) is 1. The van der Waals surface area contributed by atoms with Crippen LogP contribution < -0.4 is 5.32 Å².